The first kappa shape index (κ1) is 20.3. The van der Waals surface area contributed by atoms with Crippen molar-refractivity contribution in [3.8, 4) is 0 Å². The van der Waals surface area contributed by atoms with Crippen LogP contribution in [0.1, 0.15) is 37.3 Å². The van der Waals surface area contributed by atoms with Crippen molar-refractivity contribution >= 4 is 40.3 Å². The molecule has 1 aliphatic rings. The Balaban J connectivity index is 1.86. The van der Waals surface area contributed by atoms with Crippen LogP contribution in [-0.2, 0) is 19.2 Å². The molecule has 2 atom stereocenters. The van der Waals surface area contributed by atoms with Gasteiger partial charge in [-0.2, -0.15) is 0 Å². The van der Waals surface area contributed by atoms with E-state index in [9.17, 15) is 24.3 Å². The van der Waals surface area contributed by atoms with Gasteiger partial charge in [0.05, 0.1) is 12.5 Å². The highest BCUT2D eigenvalue weighted by atomic mass is 16.4. The number of carbonyl (C=O) groups excluding carboxylic acids is 2. The summed E-state index contributed by atoms with van der Waals surface area (Å²) in [5.74, 6) is -3.10. The highest BCUT2D eigenvalue weighted by molar-refractivity contribution is 5.96. The van der Waals surface area contributed by atoms with Crippen molar-refractivity contribution in [3.05, 3.63) is 30.0 Å². The number of nitrogens with two attached hydrogens (primary N) is 1. The molecule has 2 aromatic rings. The third-order valence-corrected chi connectivity index (χ3v) is 5.05. The van der Waals surface area contributed by atoms with Gasteiger partial charge in [0.15, 0.2) is 0 Å². The second-order valence-corrected chi connectivity index (χ2v) is 6.99. The van der Waals surface area contributed by atoms with Crippen LogP contribution >= 0.6 is 0 Å². The number of carboxylic acid groups (broad SMARTS) is 2. The minimum atomic E-state index is -1.08. The number of amides is 2. The van der Waals surface area contributed by atoms with E-state index in [0.717, 1.165) is 0 Å². The summed E-state index contributed by atoms with van der Waals surface area (Å²) in [7, 11) is 0. The number of H-pyrrole nitrogens is 1. The van der Waals surface area contributed by atoms with E-state index in [1.807, 2.05) is 0 Å². The van der Waals surface area contributed by atoms with E-state index in [2.05, 4.69) is 10.3 Å². The number of aromatic amines is 1. The van der Waals surface area contributed by atoms with Crippen molar-refractivity contribution in [2.24, 2.45) is 5.73 Å². The number of nitrogens with one attached hydrogen (secondary N) is 2. The lowest BCUT2D eigenvalue weighted by Gasteiger charge is -2.28. The first-order valence-electron chi connectivity index (χ1n) is 9.18. The number of primary amides is 1. The number of carbonyl (C=O) groups is 4. The highest BCUT2D eigenvalue weighted by Gasteiger charge is 2.39. The predicted octanol–water partition coefficient (Wildman–Crippen LogP) is 1.05. The third kappa shape index (κ3) is 4.37. The van der Waals surface area contributed by atoms with Gasteiger partial charge in [-0.3, -0.25) is 24.1 Å². The summed E-state index contributed by atoms with van der Waals surface area (Å²) < 4.78 is 0. The number of fused-ring (bicyclic) bond motifs is 1. The molecule has 10 heteroatoms. The molecule has 0 aliphatic carbocycles. The molecule has 2 unspecified atom stereocenters. The molecular formula is C19H22N4O6. The topological polar surface area (TPSA) is 166 Å². The van der Waals surface area contributed by atoms with Crippen LogP contribution in [0.3, 0.4) is 0 Å². The normalized spacial score (nSPS) is 17.9. The number of carboxylic acids is 2. The van der Waals surface area contributed by atoms with Crippen LogP contribution in [-0.4, -0.2) is 56.4 Å². The van der Waals surface area contributed by atoms with Crippen molar-refractivity contribution in [2.75, 3.05) is 11.9 Å². The van der Waals surface area contributed by atoms with E-state index in [4.69, 9.17) is 10.8 Å². The third-order valence-electron chi connectivity index (χ3n) is 5.05. The number of nitrogens with zero attached hydrogens (tertiary/aromatic N) is 1. The summed E-state index contributed by atoms with van der Waals surface area (Å²) in [6, 6.07) is 3.28. The van der Waals surface area contributed by atoms with E-state index in [0.29, 0.717) is 41.5 Å². The number of aromatic nitrogens is 1. The standard InChI is InChI=1S/C19H22N4O6/c20-18(27)14-2-1-7-23(14)17(19(28)29)12-9-21-13-8-10(3-4-11(12)13)22-15(24)5-6-16(25)26/h3-4,8-9,14,17,21H,1-2,5-7H2,(H2,20,27)(H,22,24)(H,25,26)(H,28,29). The van der Waals surface area contributed by atoms with Crippen LogP contribution in [0.15, 0.2) is 24.4 Å². The summed E-state index contributed by atoms with van der Waals surface area (Å²) >= 11 is 0. The maximum atomic E-state index is 12.0. The number of hydrogen-bond donors (Lipinski definition) is 5. The Morgan fingerprint density at radius 1 is 1.24 bits per heavy atom. The van der Waals surface area contributed by atoms with Gasteiger partial charge in [0, 0.05) is 41.3 Å². The summed E-state index contributed by atoms with van der Waals surface area (Å²) in [5.41, 5.74) is 7.02. The Morgan fingerprint density at radius 3 is 2.66 bits per heavy atom. The zero-order valence-corrected chi connectivity index (χ0v) is 15.6. The minimum absolute atomic E-state index is 0.145. The molecule has 29 heavy (non-hydrogen) atoms. The second kappa shape index (κ2) is 8.31. The Kier molecular flexibility index (Phi) is 5.83. The summed E-state index contributed by atoms with van der Waals surface area (Å²) in [5, 5.41) is 21.7. The van der Waals surface area contributed by atoms with Gasteiger partial charge in [-0.05, 0) is 25.0 Å². The Labute approximate surface area is 165 Å². The fraction of sp³-hybridized carbons (Fsp3) is 0.368. The van der Waals surface area contributed by atoms with Gasteiger partial charge in [0.2, 0.25) is 11.8 Å². The van der Waals surface area contributed by atoms with Crippen molar-refractivity contribution in [1.29, 1.82) is 0 Å². The van der Waals surface area contributed by atoms with E-state index >= 15 is 0 Å². The fourth-order valence-electron chi connectivity index (χ4n) is 3.75. The minimum Gasteiger partial charge on any atom is -0.481 e. The number of rotatable bonds is 8. The quantitative estimate of drug-likeness (QED) is 0.440. The number of benzene rings is 1. The Morgan fingerprint density at radius 2 is 2.00 bits per heavy atom. The molecular weight excluding hydrogens is 380 g/mol. The van der Waals surface area contributed by atoms with Gasteiger partial charge < -0.3 is 26.2 Å². The van der Waals surface area contributed by atoms with Gasteiger partial charge in [-0.15, -0.1) is 0 Å². The lowest BCUT2D eigenvalue weighted by Crippen LogP contribution is -2.44. The van der Waals surface area contributed by atoms with Gasteiger partial charge in [0.25, 0.3) is 0 Å². The maximum Gasteiger partial charge on any atom is 0.325 e. The number of hydrogen-bond acceptors (Lipinski definition) is 5. The van der Waals surface area contributed by atoms with Gasteiger partial charge in [0.1, 0.15) is 6.04 Å². The van der Waals surface area contributed by atoms with Crippen LogP contribution < -0.4 is 11.1 Å². The number of likely N-dealkylation sites (tertiary alicyclic amines) is 1. The molecule has 154 valence electrons. The van der Waals surface area contributed by atoms with Crippen molar-refractivity contribution in [1.82, 2.24) is 9.88 Å². The highest BCUT2D eigenvalue weighted by Crippen LogP contribution is 2.34. The summed E-state index contributed by atoms with van der Waals surface area (Å²) in [6.45, 7) is 0.453. The molecule has 2 amide bonds. The molecule has 0 bridgehead atoms. The Bertz CT molecular complexity index is 969. The van der Waals surface area contributed by atoms with Crippen LogP contribution in [0.5, 0.6) is 0 Å². The summed E-state index contributed by atoms with van der Waals surface area (Å²) in [6.07, 6.45) is 2.38. The number of anilines is 1. The monoisotopic (exact) mass is 402 g/mol. The molecule has 0 radical (unpaired) electrons. The van der Waals surface area contributed by atoms with Crippen LogP contribution in [0.2, 0.25) is 0 Å². The first-order chi connectivity index (χ1) is 13.8. The van der Waals surface area contributed by atoms with Crippen LogP contribution in [0.25, 0.3) is 10.9 Å². The lowest BCUT2D eigenvalue weighted by molar-refractivity contribution is -0.145. The average Bonchev–Trinajstić information content (AvgIpc) is 3.28. The molecule has 2 heterocycles. The smallest absolute Gasteiger partial charge is 0.325 e. The SMILES string of the molecule is NC(=O)C1CCCN1C(C(=O)O)c1c[nH]c2cc(NC(=O)CCC(=O)O)ccc12. The molecule has 0 spiro atoms. The van der Waals surface area contributed by atoms with Crippen LogP contribution in [0.4, 0.5) is 5.69 Å². The zero-order chi connectivity index (χ0) is 21.1. The van der Waals surface area contributed by atoms with Gasteiger partial charge >= 0.3 is 11.9 Å². The molecule has 0 saturated carbocycles. The molecule has 1 fully saturated rings. The molecule has 1 aromatic heterocycles. The second-order valence-electron chi connectivity index (χ2n) is 6.99. The molecule has 3 rings (SSSR count). The van der Waals surface area contributed by atoms with E-state index in [1.54, 1.807) is 29.3 Å². The van der Waals surface area contributed by atoms with Crippen molar-refractivity contribution in [2.45, 2.75) is 37.8 Å². The molecule has 10 nitrogen and oxygen atoms in total. The predicted molar refractivity (Wildman–Crippen MR) is 103 cm³/mol. The van der Waals surface area contributed by atoms with E-state index < -0.39 is 35.8 Å². The fourth-order valence-corrected chi connectivity index (χ4v) is 3.75. The van der Waals surface area contributed by atoms with Crippen molar-refractivity contribution in [3.63, 3.8) is 0 Å². The van der Waals surface area contributed by atoms with E-state index in [1.165, 1.54) is 0 Å². The zero-order valence-electron chi connectivity index (χ0n) is 15.6. The van der Waals surface area contributed by atoms with Gasteiger partial charge in [-0.1, -0.05) is 6.07 Å². The van der Waals surface area contributed by atoms with E-state index in [-0.39, 0.29) is 12.8 Å². The largest absolute Gasteiger partial charge is 0.481 e. The first-order valence-corrected chi connectivity index (χ1v) is 9.18. The Hall–Kier alpha value is -3.40. The molecule has 6 N–H and O–H groups in total. The molecule has 1 saturated heterocycles. The van der Waals surface area contributed by atoms with Crippen LogP contribution in [0, 0.1) is 0 Å². The van der Waals surface area contributed by atoms with Crippen molar-refractivity contribution < 1.29 is 29.4 Å². The summed E-state index contributed by atoms with van der Waals surface area (Å²) in [4.78, 5) is 50.7. The lowest BCUT2D eigenvalue weighted by atomic mass is 10.0. The molecule has 1 aliphatic heterocycles. The molecule has 1 aromatic carbocycles. The van der Waals surface area contributed by atoms with Gasteiger partial charge in [-0.25, -0.2) is 0 Å². The number of aliphatic carboxylic acids is 2. The maximum absolute atomic E-state index is 12.0. The average molecular weight is 402 g/mol.